The lowest BCUT2D eigenvalue weighted by molar-refractivity contribution is 0.627. The molecule has 0 N–H and O–H groups in total. The maximum atomic E-state index is 12.9. The maximum absolute atomic E-state index is 12.9. The minimum Gasteiger partial charge on any atom is -0.281 e. The average molecular weight is 196 g/mol. The Morgan fingerprint density at radius 3 is 2.77 bits per heavy atom. The molecule has 1 nitrogen and oxygen atoms in total. The van der Waals surface area contributed by atoms with Crippen LogP contribution in [0.25, 0.3) is 0 Å². The summed E-state index contributed by atoms with van der Waals surface area (Å²) in [5.41, 5.74) is 1.53. The summed E-state index contributed by atoms with van der Waals surface area (Å²) >= 11 is 5.71. The van der Waals surface area contributed by atoms with Crippen LogP contribution in [-0.4, -0.2) is 12.3 Å². The second-order valence-electron chi connectivity index (χ2n) is 2.79. The Morgan fingerprint density at radius 1 is 1.31 bits per heavy atom. The molecule has 1 aliphatic rings. The Hall–Kier alpha value is -1.15. The Kier molecular flexibility index (Phi) is 2.15. The van der Waals surface area contributed by atoms with Crippen LogP contribution in [0.15, 0.2) is 35.3 Å². The van der Waals surface area contributed by atoms with Crippen LogP contribution in [0.3, 0.4) is 0 Å². The van der Waals surface area contributed by atoms with Gasteiger partial charge in [0.05, 0.1) is 12.3 Å². The SMILES string of the molecule is Fc1cc(Cl)cc(C2=NCC=C2)c1. The van der Waals surface area contributed by atoms with Crippen molar-refractivity contribution in [3.05, 3.63) is 46.8 Å². The highest BCUT2D eigenvalue weighted by molar-refractivity contribution is 6.31. The third kappa shape index (κ3) is 1.78. The van der Waals surface area contributed by atoms with Gasteiger partial charge in [-0.2, -0.15) is 0 Å². The molecule has 0 spiro atoms. The van der Waals surface area contributed by atoms with Gasteiger partial charge in [-0.1, -0.05) is 17.7 Å². The average Bonchev–Trinajstić information content (AvgIpc) is 2.53. The van der Waals surface area contributed by atoms with Gasteiger partial charge in [0, 0.05) is 10.6 Å². The number of allylic oxidation sites excluding steroid dienone is 1. The molecule has 0 bridgehead atoms. The van der Waals surface area contributed by atoms with Gasteiger partial charge in [0.2, 0.25) is 0 Å². The number of benzene rings is 1. The molecule has 1 heterocycles. The highest BCUT2D eigenvalue weighted by atomic mass is 35.5. The van der Waals surface area contributed by atoms with Crippen LogP contribution < -0.4 is 0 Å². The minimum absolute atomic E-state index is 0.328. The van der Waals surface area contributed by atoms with Crippen molar-refractivity contribution < 1.29 is 4.39 Å². The Labute approximate surface area is 80.6 Å². The smallest absolute Gasteiger partial charge is 0.125 e. The third-order valence-electron chi connectivity index (χ3n) is 1.80. The van der Waals surface area contributed by atoms with Gasteiger partial charge in [-0.25, -0.2) is 4.39 Å². The second kappa shape index (κ2) is 3.30. The first-order valence-corrected chi connectivity index (χ1v) is 4.31. The van der Waals surface area contributed by atoms with Crippen molar-refractivity contribution >= 4 is 17.3 Å². The number of rotatable bonds is 1. The highest BCUT2D eigenvalue weighted by Gasteiger charge is 2.05. The van der Waals surface area contributed by atoms with Gasteiger partial charge in [-0.15, -0.1) is 0 Å². The van der Waals surface area contributed by atoms with Gasteiger partial charge in [-0.3, -0.25) is 4.99 Å². The number of halogens is 2. The molecule has 0 atom stereocenters. The lowest BCUT2D eigenvalue weighted by Gasteiger charge is -1.99. The molecule has 1 aliphatic heterocycles. The minimum atomic E-state index is -0.328. The number of aliphatic imine (C=N–C) groups is 1. The molecule has 0 radical (unpaired) electrons. The van der Waals surface area contributed by atoms with Crippen molar-refractivity contribution in [1.82, 2.24) is 0 Å². The zero-order valence-electron chi connectivity index (χ0n) is 6.80. The topological polar surface area (TPSA) is 12.4 Å². The summed E-state index contributed by atoms with van der Waals surface area (Å²) in [7, 11) is 0. The number of hydrogen-bond donors (Lipinski definition) is 0. The zero-order chi connectivity index (χ0) is 9.26. The number of nitrogens with zero attached hydrogens (tertiary/aromatic N) is 1. The van der Waals surface area contributed by atoms with Gasteiger partial charge in [-0.05, 0) is 24.3 Å². The van der Waals surface area contributed by atoms with E-state index in [1.165, 1.54) is 12.1 Å². The Balaban J connectivity index is 2.45. The summed E-state index contributed by atoms with van der Waals surface area (Å²) in [5.74, 6) is -0.328. The molecular formula is C10H7ClFN. The van der Waals surface area contributed by atoms with Crippen molar-refractivity contribution in [2.24, 2.45) is 4.99 Å². The van der Waals surface area contributed by atoms with Crippen LogP contribution in [0.1, 0.15) is 5.56 Å². The van der Waals surface area contributed by atoms with Gasteiger partial charge in [0.25, 0.3) is 0 Å². The van der Waals surface area contributed by atoms with Gasteiger partial charge in [0.1, 0.15) is 5.82 Å². The van der Waals surface area contributed by atoms with Crippen molar-refractivity contribution in [2.45, 2.75) is 0 Å². The van der Waals surface area contributed by atoms with E-state index in [0.29, 0.717) is 11.6 Å². The highest BCUT2D eigenvalue weighted by Crippen LogP contribution is 2.16. The van der Waals surface area contributed by atoms with Crippen LogP contribution in [0.5, 0.6) is 0 Å². The van der Waals surface area contributed by atoms with Crippen molar-refractivity contribution in [2.75, 3.05) is 6.54 Å². The van der Waals surface area contributed by atoms with E-state index in [4.69, 9.17) is 11.6 Å². The molecule has 0 saturated carbocycles. The molecule has 2 rings (SSSR count). The fourth-order valence-electron chi connectivity index (χ4n) is 1.26. The Bertz CT molecular complexity index is 376. The zero-order valence-corrected chi connectivity index (χ0v) is 7.55. The first kappa shape index (κ1) is 8.45. The van der Waals surface area contributed by atoms with Crippen molar-refractivity contribution in [1.29, 1.82) is 0 Å². The van der Waals surface area contributed by atoms with Gasteiger partial charge in [0.15, 0.2) is 0 Å². The molecule has 3 heteroatoms. The summed E-state index contributed by atoms with van der Waals surface area (Å²) in [5, 5.41) is 0.401. The lowest BCUT2D eigenvalue weighted by atomic mass is 10.1. The van der Waals surface area contributed by atoms with Crippen LogP contribution >= 0.6 is 11.6 Å². The van der Waals surface area contributed by atoms with E-state index < -0.39 is 0 Å². The fraction of sp³-hybridized carbons (Fsp3) is 0.100. The predicted molar refractivity (Wildman–Crippen MR) is 52.0 cm³/mol. The van der Waals surface area contributed by atoms with E-state index in [1.807, 2.05) is 12.2 Å². The number of hydrogen-bond acceptors (Lipinski definition) is 1. The monoisotopic (exact) mass is 195 g/mol. The van der Waals surface area contributed by atoms with Gasteiger partial charge < -0.3 is 0 Å². The largest absolute Gasteiger partial charge is 0.281 e. The molecule has 0 saturated heterocycles. The first-order chi connectivity index (χ1) is 6.25. The molecule has 13 heavy (non-hydrogen) atoms. The standard InChI is InChI=1S/C10H7ClFN/c11-8-4-7(5-9(12)6-8)10-2-1-3-13-10/h1-2,4-6H,3H2. The predicted octanol–water partition coefficient (Wildman–Crippen LogP) is 2.84. The molecule has 0 amide bonds. The molecule has 66 valence electrons. The molecule has 0 aliphatic carbocycles. The summed E-state index contributed by atoms with van der Waals surface area (Å²) in [6.45, 7) is 0.670. The van der Waals surface area contributed by atoms with E-state index in [2.05, 4.69) is 4.99 Å². The van der Waals surface area contributed by atoms with E-state index >= 15 is 0 Å². The summed E-state index contributed by atoms with van der Waals surface area (Å²) in [6, 6.07) is 4.42. The summed E-state index contributed by atoms with van der Waals surface area (Å²) < 4.78 is 12.9. The van der Waals surface area contributed by atoms with Crippen LogP contribution in [0.4, 0.5) is 4.39 Å². The molecule has 0 fully saturated rings. The molecule has 0 aromatic heterocycles. The second-order valence-corrected chi connectivity index (χ2v) is 3.22. The third-order valence-corrected chi connectivity index (χ3v) is 2.02. The molecular weight excluding hydrogens is 189 g/mol. The van der Waals surface area contributed by atoms with E-state index in [-0.39, 0.29) is 5.82 Å². The van der Waals surface area contributed by atoms with E-state index in [1.54, 1.807) is 6.07 Å². The first-order valence-electron chi connectivity index (χ1n) is 3.93. The summed E-state index contributed by atoms with van der Waals surface area (Å²) in [4.78, 5) is 4.17. The normalized spacial score (nSPS) is 14.8. The Morgan fingerprint density at radius 2 is 2.15 bits per heavy atom. The van der Waals surface area contributed by atoms with Crippen molar-refractivity contribution in [3.8, 4) is 0 Å². The van der Waals surface area contributed by atoms with Gasteiger partial charge >= 0.3 is 0 Å². The quantitative estimate of drug-likeness (QED) is 0.654. The lowest BCUT2D eigenvalue weighted by Crippen LogP contribution is -1.94. The van der Waals surface area contributed by atoms with Crippen LogP contribution in [-0.2, 0) is 0 Å². The molecule has 1 aromatic carbocycles. The van der Waals surface area contributed by atoms with E-state index in [0.717, 1.165) is 11.3 Å². The molecule has 1 aromatic rings. The van der Waals surface area contributed by atoms with Crippen LogP contribution in [0, 0.1) is 5.82 Å². The van der Waals surface area contributed by atoms with E-state index in [9.17, 15) is 4.39 Å². The molecule has 0 unspecified atom stereocenters. The van der Waals surface area contributed by atoms with Crippen molar-refractivity contribution in [3.63, 3.8) is 0 Å². The fourth-order valence-corrected chi connectivity index (χ4v) is 1.48. The summed E-state index contributed by atoms with van der Waals surface area (Å²) in [6.07, 6.45) is 3.79. The van der Waals surface area contributed by atoms with Crippen LogP contribution in [0.2, 0.25) is 5.02 Å². The maximum Gasteiger partial charge on any atom is 0.125 e.